The van der Waals surface area contributed by atoms with E-state index in [1.54, 1.807) is 4.68 Å². The minimum Gasteiger partial charge on any atom is -0.394 e. The first-order valence-electron chi connectivity index (χ1n) is 13.5. The Morgan fingerprint density at radius 1 is 0.949 bits per heavy atom. The SMILES string of the molecule is Cn1cc(-c2cccc(-c3ncc(-c4cnn(C5CCC(C(=O)N6CCO[C@@H](CO)C6)CC5)c4)cn3)c2)cn1. The Morgan fingerprint density at radius 3 is 2.44 bits per heavy atom. The van der Waals surface area contributed by atoms with E-state index in [9.17, 15) is 9.90 Å². The van der Waals surface area contributed by atoms with Gasteiger partial charge in [-0.3, -0.25) is 14.2 Å². The summed E-state index contributed by atoms with van der Waals surface area (Å²) in [6.07, 6.45) is 14.7. The molecule has 2 fully saturated rings. The number of carbonyl (C=O) groups is 1. The number of hydrogen-bond acceptors (Lipinski definition) is 7. The molecular formula is C29H33N7O3. The summed E-state index contributed by atoms with van der Waals surface area (Å²) in [6, 6.07) is 8.43. The van der Waals surface area contributed by atoms with E-state index in [1.165, 1.54) is 0 Å². The fourth-order valence-corrected chi connectivity index (χ4v) is 5.60. The van der Waals surface area contributed by atoms with Crippen LogP contribution in [0.5, 0.6) is 0 Å². The van der Waals surface area contributed by atoms with Gasteiger partial charge in [-0.1, -0.05) is 18.2 Å². The van der Waals surface area contributed by atoms with E-state index in [0.717, 1.165) is 53.5 Å². The maximum Gasteiger partial charge on any atom is 0.225 e. The Labute approximate surface area is 227 Å². The van der Waals surface area contributed by atoms with E-state index in [2.05, 4.69) is 38.5 Å². The molecule has 1 N–H and O–H groups in total. The Morgan fingerprint density at radius 2 is 1.69 bits per heavy atom. The number of carbonyl (C=O) groups excluding carboxylic acids is 1. The fourth-order valence-electron chi connectivity index (χ4n) is 5.60. The molecule has 1 aromatic carbocycles. The van der Waals surface area contributed by atoms with Crippen LogP contribution in [-0.4, -0.2) is 77.8 Å². The van der Waals surface area contributed by atoms with Crippen LogP contribution < -0.4 is 0 Å². The molecule has 2 aliphatic rings. The summed E-state index contributed by atoms with van der Waals surface area (Å²) in [5.41, 5.74) is 4.98. The first-order valence-corrected chi connectivity index (χ1v) is 13.5. The predicted octanol–water partition coefficient (Wildman–Crippen LogP) is 3.36. The summed E-state index contributed by atoms with van der Waals surface area (Å²) in [5, 5.41) is 18.3. The number of benzene rings is 1. The summed E-state index contributed by atoms with van der Waals surface area (Å²) in [4.78, 5) is 24.2. The highest BCUT2D eigenvalue weighted by Crippen LogP contribution is 2.34. The first kappa shape index (κ1) is 25.4. The van der Waals surface area contributed by atoms with Crippen LogP contribution in [-0.2, 0) is 16.6 Å². The smallest absolute Gasteiger partial charge is 0.225 e. The van der Waals surface area contributed by atoms with Crippen molar-refractivity contribution in [2.75, 3.05) is 26.3 Å². The van der Waals surface area contributed by atoms with E-state index in [4.69, 9.17) is 4.74 Å². The van der Waals surface area contributed by atoms with Gasteiger partial charge in [0.25, 0.3) is 0 Å². The molecule has 4 heterocycles. The molecule has 0 spiro atoms. The topological polar surface area (TPSA) is 111 Å². The quantitative estimate of drug-likeness (QED) is 0.409. The number of aliphatic hydroxyl groups excluding tert-OH is 1. The lowest BCUT2D eigenvalue weighted by Crippen LogP contribution is -2.49. The van der Waals surface area contributed by atoms with Crippen LogP contribution in [0, 0.1) is 5.92 Å². The zero-order valence-electron chi connectivity index (χ0n) is 22.1. The molecule has 6 rings (SSSR count). The summed E-state index contributed by atoms with van der Waals surface area (Å²) >= 11 is 0. The molecule has 1 aliphatic heterocycles. The predicted molar refractivity (Wildman–Crippen MR) is 145 cm³/mol. The van der Waals surface area contributed by atoms with Crippen molar-refractivity contribution in [3.63, 3.8) is 0 Å². The third-order valence-corrected chi connectivity index (χ3v) is 7.82. The van der Waals surface area contributed by atoms with Crippen molar-refractivity contribution in [2.24, 2.45) is 13.0 Å². The normalized spacial score (nSPS) is 21.7. The number of aryl methyl sites for hydroxylation is 1. The van der Waals surface area contributed by atoms with Gasteiger partial charge in [-0.05, 0) is 37.3 Å². The molecule has 1 aliphatic carbocycles. The number of amides is 1. The molecule has 1 saturated heterocycles. The van der Waals surface area contributed by atoms with Gasteiger partial charge < -0.3 is 14.7 Å². The summed E-state index contributed by atoms with van der Waals surface area (Å²) < 4.78 is 9.31. The van der Waals surface area contributed by atoms with Crippen molar-refractivity contribution in [3.05, 3.63) is 61.4 Å². The van der Waals surface area contributed by atoms with Gasteiger partial charge in [0.15, 0.2) is 5.82 Å². The average molecular weight is 528 g/mol. The van der Waals surface area contributed by atoms with Gasteiger partial charge in [0.05, 0.1) is 37.8 Å². The van der Waals surface area contributed by atoms with Crippen LogP contribution in [0.1, 0.15) is 31.7 Å². The van der Waals surface area contributed by atoms with Gasteiger partial charge in [-0.25, -0.2) is 9.97 Å². The van der Waals surface area contributed by atoms with E-state index in [0.29, 0.717) is 25.5 Å². The second-order valence-electron chi connectivity index (χ2n) is 10.5. The van der Waals surface area contributed by atoms with Gasteiger partial charge >= 0.3 is 0 Å². The summed E-state index contributed by atoms with van der Waals surface area (Å²) in [7, 11) is 1.91. The highest BCUT2D eigenvalue weighted by atomic mass is 16.5. The molecule has 1 atom stereocenters. The van der Waals surface area contributed by atoms with Crippen molar-refractivity contribution in [2.45, 2.75) is 37.8 Å². The van der Waals surface area contributed by atoms with Crippen LogP contribution in [0.3, 0.4) is 0 Å². The maximum absolute atomic E-state index is 13.0. The van der Waals surface area contributed by atoms with Gasteiger partial charge in [0.2, 0.25) is 5.91 Å². The number of morpholine rings is 1. The second-order valence-corrected chi connectivity index (χ2v) is 10.5. The molecule has 1 amide bonds. The lowest BCUT2D eigenvalue weighted by atomic mass is 9.85. The lowest BCUT2D eigenvalue weighted by molar-refractivity contribution is -0.145. The molecule has 0 radical (unpaired) electrons. The number of aromatic nitrogens is 6. The fraction of sp³-hybridized carbons (Fsp3) is 0.414. The third-order valence-electron chi connectivity index (χ3n) is 7.82. The molecule has 0 unspecified atom stereocenters. The Kier molecular flexibility index (Phi) is 7.21. The minimum atomic E-state index is -0.267. The average Bonchev–Trinajstić information content (AvgIpc) is 3.67. The zero-order chi connectivity index (χ0) is 26.8. The van der Waals surface area contributed by atoms with Gasteiger partial charge in [0, 0.05) is 73.1 Å². The van der Waals surface area contributed by atoms with E-state index < -0.39 is 0 Å². The highest BCUT2D eigenvalue weighted by molar-refractivity contribution is 5.79. The van der Waals surface area contributed by atoms with Gasteiger partial charge in [-0.15, -0.1) is 0 Å². The second kappa shape index (κ2) is 11.1. The Balaban J connectivity index is 1.08. The largest absolute Gasteiger partial charge is 0.394 e. The first-order chi connectivity index (χ1) is 19.1. The summed E-state index contributed by atoms with van der Waals surface area (Å²) in [6.45, 7) is 1.53. The number of ether oxygens (including phenoxy) is 1. The van der Waals surface area contributed by atoms with Crippen LogP contribution in [0.2, 0.25) is 0 Å². The van der Waals surface area contributed by atoms with Gasteiger partial charge in [-0.2, -0.15) is 10.2 Å². The minimum absolute atomic E-state index is 0.0336. The van der Waals surface area contributed by atoms with Crippen molar-refractivity contribution >= 4 is 5.91 Å². The highest BCUT2D eigenvalue weighted by Gasteiger charge is 2.32. The van der Waals surface area contributed by atoms with Crippen molar-refractivity contribution in [1.29, 1.82) is 0 Å². The van der Waals surface area contributed by atoms with Crippen LogP contribution in [0.4, 0.5) is 0 Å². The Bertz CT molecular complexity index is 1420. The monoisotopic (exact) mass is 527 g/mol. The number of rotatable bonds is 6. The maximum atomic E-state index is 13.0. The van der Waals surface area contributed by atoms with Crippen molar-refractivity contribution in [1.82, 2.24) is 34.4 Å². The van der Waals surface area contributed by atoms with Crippen molar-refractivity contribution < 1.29 is 14.6 Å². The van der Waals surface area contributed by atoms with E-state index in [-0.39, 0.29) is 30.6 Å². The van der Waals surface area contributed by atoms with Gasteiger partial charge in [0.1, 0.15) is 0 Å². The van der Waals surface area contributed by atoms with Crippen LogP contribution in [0.25, 0.3) is 33.6 Å². The van der Waals surface area contributed by atoms with E-state index >= 15 is 0 Å². The number of aliphatic hydroxyl groups is 1. The Hall–Kier alpha value is -3.89. The van der Waals surface area contributed by atoms with Crippen molar-refractivity contribution in [3.8, 4) is 33.6 Å². The third kappa shape index (κ3) is 5.48. The molecule has 4 aromatic rings. The summed E-state index contributed by atoms with van der Waals surface area (Å²) in [5.74, 6) is 0.899. The van der Waals surface area contributed by atoms with Crippen LogP contribution >= 0.6 is 0 Å². The van der Waals surface area contributed by atoms with Crippen LogP contribution in [0.15, 0.2) is 61.4 Å². The molecule has 10 nitrogen and oxygen atoms in total. The van der Waals surface area contributed by atoms with E-state index in [1.807, 2.05) is 59.7 Å². The molecule has 3 aromatic heterocycles. The lowest BCUT2D eigenvalue weighted by Gasteiger charge is -2.36. The zero-order valence-corrected chi connectivity index (χ0v) is 22.1. The molecule has 10 heteroatoms. The molecule has 202 valence electrons. The molecular weight excluding hydrogens is 494 g/mol. The molecule has 0 bridgehead atoms. The number of nitrogens with zero attached hydrogens (tertiary/aromatic N) is 7. The number of hydrogen-bond donors (Lipinski definition) is 1. The molecule has 1 saturated carbocycles. The molecule has 39 heavy (non-hydrogen) atoms. The standard InChI is InChI=1S/C29H33N7O3/c1-34-16-24(14-32-34)21-3-2-4-22(11-21)28-30-12-23(13-31-28)25-15-33-36(17-25)26-7-5-20(6-8-26)29(38)35-9-10-39-27(18-35)19-37/h2-4,11-17,20,26-27,37H,5-10,18-19H2,1H3/t20?,26?,27-/m1/s1.